The van der Waals surface area contributed by atoms with Crippen molar-refractivity contribution in [2.24, 2.45) is 5.73 Å². The molecule has 15 heavy (non-hydrogen) atoms. The molecule has 2 aromatic rings. The summed E-state index contributed by atoms with van der Waals surface area (Å²) in [5.41, 5.74) is 5.25. The van der Waals surface area contributed by atoms with Gasteiger partial charge >= 0.3 is 5.63 Å². The maximum Gasteiger partial charge on any atom is 0.336 e. The van der Waals surface area contributed by atoms with Gasteiger partial charge in [-0.3, -0.25) is 0 Å². The Balaban J connectivity index is 2.54. The first kappa shape index (κ1) is 9.67. The zero-order valence-corrected chi connectivity index (χ0v) is 8.41. The van der Waals surface area contributed by atoms with E-state index < -0.39 is 5.63 Å². The molecule has 0 aliphatic rings. The molecule has 5 heteroatoms. The van der Waals surface area contributed by atoms with Crippen LogP contribution in [0.1, 0.15) is 0 Å². The first-order valence-corrected chi connectivity index (χ1v) is 4.57. The van der Waals surface area contributed by atoms with Crippen LogP contribution in [0.15, 0.2) is 39.5 Å². The summed E-state index contributed by atoms with van der Waals surface area (Å²) < 4.78 is 9.97. The van der Waals surface area contributed by atoms with Gasteiger partial charge in [0.15, 0.2) is 0 Å². The average molecular weight is 221 g/mol. The molecule has 4 nitrogen and oxygen atoms in total. The van der Waals surface area contributed by atoms with Crippen LogP contribution in [-0.4, -0.2) is 5.17 Å². The first-order chi connectivity index (χ1) is 7.15. The van der Waals surface area contributed by atoms with E-state index >= 15 is 0 Å². The quantitative estimate of drug-likeness (QED) is 0.582. The Morgan fingerprint density at radius 3 is 2.80 bits per heavy atom. The van der Waals surface area contributed by atoms with Crippen LogP contribution in [0.25, 0.3) is 11.0 Å². The van der Waals surface area contributed by atoms with E-state index in [0.717, 1.165) is 5.39 Å². The minimum absolute atomic E-state index is 0.0763. The van der Waals surface area contributed by atoms with E-state index in [1.165, 1.54) is 6.07 Å². The third kappa shape index (κ3) is 2.13. The number of fused-ring (bicyclic) bond motifs is 1. The predicted octanol–water partition coefficient (Wildman–Crippen LogP) is 1.42. The Bertz CT molecular complexity index is 576. The zero-order valence-electron chi connectivity index (χ0n) is 7.60. The van der Waals surface area contributed by atoms with Gasteiger partial charge in [-0.1, -0.05) is 0 Å². The molecule has 0 saturated carbocycles. The highest BCUT2D eigenvalue weighted by Gasteiger charge is 2.01. The van der Waals surface area contributed by atoms with Gasteiger partial charge in [0, 0.05) is 17.5 Å². The van der Waals surface area contributed by atoms with Gasteiger partial charge in [0.2, 0.25) is 0 Å². The summed E-state index contributed by atoms with van der Waals surface area (Å²) in [7, 11) is 0. The van der Waals surface area contributed by atoms with Crippen molar-refractivity contribution in [2.75, 3.05) is 0 Å². The zero-order chi connectivity index (χ0) is 10.8. The van der Waals surface area contributed by atoms with E-state index in [1.54, 1.807) is 24.3 Å². The molecule has 2 N–H and O–H groups in total. The Kier molecular flexibility index (Phi) is 2.39. The second kappa shape index (κ2) is 3.70. The molecule has 0 atom stereocenters. The van der Waals surface area contributed by atoms with E-state index in [1.807, 2.05) is 0 Å². The van der Waals surface area contributed by atoms with Crippen LogP contribution in [-0.2, 0) is 0 Å². The Labute approximate surface area is 90.3 Å². The van der Waals surface area contributed by atoms with Gasteiger partial charge in [-0.15, -0.1) is 0 Å². The Hall–Kier alpha value is -1.88. The van der Waals surface area contributed by atoms with E-state index in [0.29, 0.717) is 11.3 Å². The van der Waals surface area contributed by atoms with Crippen LogP contribution in [0.5, 0.6) is 5.75 Å². The molecule has 0 aliphatic heterocycles. The second-order valence-corrected chi connectivity index (χ2v) is 3.28. The number of rotatable bonds is 1. The van der Waals surface area contributed by atoms with Crippen molar-refractivity contribution >= 4 is 28.4 Å². The lowest BCUT2D eigenvalue weighted by Gasteiger charge is -2.02. The number of hydrogen-bond donors (Lipinski definition) is 1. The highest BCUT2D eigenvalue weighted by Crippen LogP contribution is 2.19. The van der Waals surface area contributed by atoms with Crippen molar-refractivity contribution in [2.45, 2.75) is 0 Å². The molecule has 76 valence electrons. The van der Waals surface area contributed by atoms with Crippen LogP contribution in [0.3, 0.4) is 0 Å². The van der Waals surface area contributed by atoms with Crippen molar-refractivity contribution in [1.82, 2.24) is 0 Å². The first-order valence-electron chi connectivity index (χ1n) is 4.16. The van der Waals surface area contributed by atoms with Gasteiger partial charge < -0.3 is 14.9 Å². The fourth-order valence-corrected chi connectivity index (χ4v) is 1.32. The minimum atomic E-state index is -0.407. The highest BCUT2D eigenvalue weighted by molar-refractivity contribution is 7.80. The molecular formula is C10H7NO3S. The maximum absolute atomic E-state index is 11.0. The molecule has 0 spiro atoms. The lowest BCUT2D eigenvalue weighted by atomic mass is 10.2. The molecule has 0 amide bonds. The van der Waals surface area contributed by atoms with Crippen LogP contribution in [0.2, 0.25) is 0 Å². The molecule has 2 rings (SSSR count). The van der Waals surface area contributed by atoms with E-state index in [-0.39, 0.29) is 5.17 Å². The van der Waals surface area contributed by atoms with E-state index in [4.69, 9.17) is 14.9 Å². The fraction of sp³-hybridized carbons (Fsp3) is 0. The smallest absolute Gasteiger partial charge is 0.336 e. The predicted molar refractivity (Wildman–Crippen MR) is 59.9 cm³/mol. The summed E-state index contributed by atoms with van der Waals surface area (Å²) in [4.78, 5) is 11.0. The summed E-state index contributed by atoms with van der Waals surface area (Å²) in [5.74, 6) is 0.448. The summed E-state index contributed by atoms with van der Waals surface area (Å²) in [6, 6.07) is 8.05. The van der Waals surface area contributed by atoms with Gasteiger partial charge in [-0.05, 0) is 30.4 Å². The van der Waals surface area contributed by atoms with Crippen molar-refractivity contribution in [3.8, 4) is 5.75 Å². The molecule has 0 aliphatic carbocycles. The summed E-state index contributed by atoms with van der Waals surface area (Å²) >= 11 is 4.59. The lowest BCUT2D eigenvalue weighted by molar-refractivity contribution is 0.542. The summed E-state index contributed by atoms with van der Waals surface area (Å²) in [6.07, 6.45) is 0. The van der Waals surface area contributed by atoms with E-state index in [2.05, 4.69) is 12.2 Å². The second-order valence-electron chi connectivity index (χ2n) is 2.88. The van der Waals surface area contributed by atoms with Crippen LogP contribution >= 0.6 is 12.2 Å². The van der Waals surface area contributed by atoms with Crippen molar-refractivity contribution < 1.29 is 9.15 Å². The van der Waals surface area contributed by atoms with Crippen LogP contribution in [0, 0.1) is 0 Å². The van der Waals surface area contributed by atoms with Gasteiger partial charge in [0.05, 0.1) is 0 Å². The average Bonchev–Trinajstić information content (AvgIpc) is 2.16. The van der Waals surface area contributed by atoms with Gasteiger partial charge in [-0.2, -0.15) is 0 Å². The number of nitrogens with two attached hydrogens (primary N) is 1. The summed E-state index contributed by atoms with van der Waals surface area (Å²) in [6.45, 7) is 0. The highest BCUT2D eigenvalue weighted by atomic mass is 32.1. The largest absolute Gasteiger partial charge is 0.432 e. The Morgan fingerprint density at radius 1 is 1.33 bits per heavy atom. The van der Waals surface area contributed by atoms with Gasteiger partial charge in [-0.25, -0.2) is 4.79 Å². The van der Waals surface area contributed by atoms with Gasteiger partial charge in [0.25, 0.3) is 5.17 Å². The Morgan fingerprint density at radius 2 is 2.07 bits per heavy atom. The molecule has 0 fully saturated rings. The molecule has 1 aromatic heterocycles. The number of ether oxygens (including phenoxy) is 1. The standard InChI is InChI=1S/C10H7NO3S/c11-10(15)13-7-3-1-6-2-4-9(12)14-8(6)5-7/h1-5H,(H2,11,15). The third-order valence-electron chi connectivity index (χ3n) is 1.81. The number of hydrogen-bond acceptors (Lipinski definition) is 4. The van der Waals surface area contributed by atoms with E-state index in [9.17, 15) is 4.79 Å². The molecule has 0 unspecified atom stereocenters. The molecule has 1 aromatic carbocycles. The topological polar surface area (TPSA) is 65.5 Å². The monoisotopic (exact) mass is 221 g/mol. The number of thiocarbonyl (C=S) groups is 1. The van der Waals surface area contributed by atoms with Crippen LogP contribution in [0.4, 0.5) is 0 Å². The lowest BCUT2D eigenvalue weighted by Crippen LogP contribution is -2.15. The molecule has 0 saturated heterocycles. The van der Waals surface area contributed by atoms with Crippen LogP contribution < -0.4 is 16.1 Å². The SMILES string of the molecule is NC(=S)Oc1ccc2ccc(=O)oc2c1. The molecular weight excluding hydrogens is 214 g/mol. The third-order valence-corrected chi connectivity index (χ3v) is 1.90. The van der Waals surface area contributed by atoms with Gasteiger partial charge in [0.1, 0.15) is 11.3 Å². The molecule has 1 heterocycles. The van der Waals surface area contributed by atoms with Crippen molar-refractivity contribution in [3.63, 3.8) is 0 Å². The number of benzene rings is 1. The minimum Gasteiger partial charge on any atom is -0.432 e. The van der Waals surface area contributed by atoms with Crippen molar-refractivity contribution in [3.05, 3.63) is 40.8 Å². The molecule has 0 bridgehead atoms. The summed E-state index contributed by atoms with van der Waals surface area (Å²) in [5, 5.41) is 0.734. The normalized spacial score (nSPS) is 10.1. The maximum atomic E-state index is 11.0. The molecule has 0 radical (unpaired) electrons. The fourth-order valence-electron chi connectivity index (χ4n) is 1.22. The van der Waals surface area contributed by atoms with Crippen molar-refractivity contribution in [1.29, 1.82) is 0 Å².